The van der Waals surface area contributed by atoms with Crippen LogP contribution in [0.5, 0.6) is 5.88 Å². The molecular formula is C17H21N7O3S. The number of aromatic amines is 1. The summed E-state index contributed by atoms with van der Waals surface area (Å²) in [6.45, 7) is 4.18. The fourth-order valence-corrected chi connectivity index (χ4v) is 5.11. The zero-order chi connectivity index (χ0) is 19.7. The molecular weight excluding hydrogens is 382 g/mol. The summed E-state index contributed by atoms with van der Waals surface area (Å²) in [5.74, 6) is 1.02. The summed E-state index contributed by atoms with van der Waals surface area (Å²) in [7, 11) is -3.56. The van der Waals surface area contributed by atoms with Crippen LogP contribution in [0.15, 0.2) is 35.5 Å². The molecule has 0 saturated carbocycles. The summed E-state index contributed by atoms with van der Waals surface area (Å²) < 4.78 is 34.8. The van der Waals surface area contributed by atoms with Crippen molar-refractivity contribution < 1.29 is 13.2 Å². The summed E-state index contributed by atoms with van der Waals surface area (Å²) in [4.78, 5) is 0.270. The van der Waals surface area contributed by atoms with Gasteiger partial charge in [-0.25, -0.2) is 13.1 Å². The molecule has 4 heterocycles. The van der Waals surface area contributed by atoms with Gasteiger partial charge < -0.3 is 4.74 Å². The standard InChI is InChI=1S/C17H21N7O3S/c1-12-17(13(2)20-19-12)28(25,26)23-10-6-14(7-11-23)27-16-5-4-15(21-22-16)24-9-3-8-18-24/h3-5,8-9,14H,6-7,10-11H2,1-2H3,(H,19,20). The van der Waals surface area contributed by atoms with Crippen molar-refractivity contribution in [1.82, 2.24) is 34.5 Å². The lowest BCUT2D eigenvalue weighted by atomic mass is 10.1. The van der Waals surface area contributed by atoms with Crippen molar-refractivity contribution in [2.24, 2.45) is 0 Å². The Morgan fingerprint density at radius 1 is 1.18 bits per heavy atom. The number of ether oxygens (including phenoxy) is 1. The van der Waals surface area contributed by atoms with Gasteiger partial charge in [0.15, 0.2) is 5.82 Å². The Balaban J connectivity index is 1.38. The van der Waals surface area contributed by atoms with Crippen LogP contribution in [0, 0.1) is 13.8 Å². The van der Waals surface area contributed by atoms with Gasteiger partial charge in [0.1, 0.15) is 11.0 Å². The molecule has 0 amide bonds. The van der Waals surface area contributed by atoms with E-state index in [0.29, 0.717) is 49.0 Å². The lowest BCUT2D eigenvalue weighted by Gasteiger charge is -2.31. The number of aromatic nitrogens is 6. The molecule has 4 rings (SSSR count). The van der Waals surface area contributed by atoms with Crippen molar-refractivity contribution in [3.8, 4) is 11.7 Å². The SMILES string of the molecule is Cc1n[nH]c(C)c1S(=O)(=O)N1CCC(Oc2ccc(-n3cccn3)nn2)CC1. The smallest absolute Gasteiger partial charge is 0.246 e. The van der Waals surface area contributed by atoms with Crippen molar-refractivity contribution >= 4 is 10.0 Å². The van der Waals surface area contributed by atoms with Crippen LogP contribution in [0.4, 0.5) is 0 Å². The molecule has 0 spiro atoms. The Morgan fingerprint density at radius 2 is 1.96 bits per heavy atom. The number of aryl methyl sites for hydroxylation is 2. The molecule has 0 unspecified atom stereocenters. The zero-order valence-corrected chi connectivity index (χ0v) is 16.4. The Hall–Kier alpha value is -2.79. The second-order valence-electron chi connectivity index (χ2n) is 6.66. The maximum absolute atomic E-state index is 12.9. The van der Waals surface area contributed by atoms with Crippen molar-refractivity contribution in [1.29, 1.82) is 0 Å². The van der Waals surface area contributed by atoms with Gasteiger partial charge in [0.25, 0.3) is 0 Å². The van der Waals surface area contributed by atoms with Crippen LogP contribution in [0.2, 0.25) is 0 Å². The van der Waals surface area contributed by atoms with Gasteiger partial charge in [-0.2, -0.15) is 14.5 Å². The van der Waals surface area contributed by atoms with Gasteiger partial charge >= 0.3 is 0 Å². The first-order chi connectivity index (χ1) is 13.4. The largest absolute Gasteiger partial charge is 0.473 e. The lowest BCUT2D eigenvalue weighted by Crippen LogP contribution is -2.42. The highest BCUT2D eigenvalue weighted by Gasteiger charge is 2.33. The molecule has 0 atom stereocenters. The van der Waals surface area contributed by atoms with Gasteiger partial charge in [0, 0.05) is 31.5 Å². The Labute approximate surface area is 162 Å². The number of hydrogen-bond acceptors (Lipinski definition) is 7. The third kappa shape index (κ3) is 3.50. The molecule has 1 N–H and O–H groups in total. The summed E-state index contributed by atoms with van der Waals surface area (Å²) in [5, 5.41) is 19.0. The van der Waals surface area contributed by atoms with Crippen molar-refractivity contribution in [2.45, 2.75) is 37.7 Å². The Morgan fingerprint density at radius 3 is 2.54 bits per heavy atom. The second kappa shape index (κ2) is 7.32. The second-order valence-corrected chi connectivity index (χ2v) is 8.54. The minimum atomic E-state index is -3.56. The molecule has 0 bridgehead atoms. The van der Waals surface area contributed by atoms with Gasteiger partial charge in [0.05, 0.1) is 11.4 Å². The van der Waals surface area contributed by atoms with Gasteiger partial charge in [-0.15, -0.1) is 10.2 Å². The molecule has 1 aliphatic rings. The first kappa shape index (κ1) is 18.6. The van der Waals surface area contributed by atoms with Crippen molar-refractivity contribution in [3.63, 3.8) is 0 Å². The van der Waals surface area contributed by atoms with Crippen LogP contribution < -0.4 is 4.74 Å². The minimum absolute atomic E-state index is 0.108. The normalized spacial score (nSPS) is 16.4. The average Bonchev–Trinajstić information content (AvgIpc) is 3.33. The number of sulfonamides is 1. The number of piperidine rings is 1. The van der Waals surface area contributed by atoms with E-state index in [9.17, 15) is 8.42 Å². The number of H-pyrrole nitrogens is 1. The van der Waals surface area contributed by atoms with Crippen LogP contribution in [-0.2, 0) is 10.0 Å². The summed E-state index contributed by atoms with van der Waals surface area (Å²) >= 11 is 0. The summed E-state index contributed by atoms with van der Waals surface area (Å²) in [5.41, 5.74) is 1.05. The van der Waals surface area contributed by atoms with Crippen LogP contribution >= 0.6 is 0 Å². The zero-order valence-electron chi connectivity index (χ0n) is 15.6. The highest BCUT2D eigenvalue weighted by molar-refractivity contribution is 7.89. The fraction of sp³-hybridized carbons (Fsp3) is 0.412. The van der Waals surface area contributed by atoms with Gasteiger partial charge in [-0.05, 0) is 38.8 Å². The molecule has 3 aromatic rings. The molecule has 1 fully saturated rings. The first-order valence-electron chi connectivity index (χ1n) is 8.97. The van der Waals surface area contributed by atoms with Gasteiger partial charge in [0.2, 0.25) is 15.9 Å². The Bertz CT molecular complexity index is 1020. The predicted octanol–water partition coefficient (Wildman–Crippen LogP) is 1.23. The molecule has 0 radical (unpaired) electrons. The summed E-state index contributed by atoms with van der Waals surface area (Å²) in [6, 6.07) is 5.32. The number of nitrogens with zero attached hydrogens (tertiary/aromatic N) is 6. The molecule has 0 aromatic carbocycles. The molecule has 10 nitrogen and oxygen atoms in total. The van der Waals surface area contributed by atoms with Crippen LogP contribution in [0.1, 0.15) is 24.2 Å². The topological polar surface area (TPSA) is 119 Å². The molecule has 148 valence electrons. The van der Waals surface area contributed by atoms with Crippen molar-refractivity contribution in [3.05, 3.63) is 42.0 Å². The van der Waals surface area contributed by atoms with Crippen molar-refractivity contribution in [2.75, 3.05) is 13.1 Å². The summed E-state index contributed by atoms with van der Waals surface area (Å²) in [6.07, 6.45) is 4.50. The van der Waals surface area contributed by atoms with E-state index in [-0.39, 0.29) is 11.0 Å². The molecule has 1 aliphatic heterocycles. The maximum atomic E-state index is 12.9. The third-order valence-corrected chi connectivity index (χ3v) is 6.87. The number of hydrogen-bond donors (Lipinski definition) is 1. The minimum Gasteiger partial charge on any atom is -0.473 e. The van der Waals surface area contributed by atoms with E-state index in [0.717, 1.165) is 0 Å². The lowest BCUT2D eigenvalue weighted by molar-refractivity contribution is 0.128. The van der Waals surface area contributed by atoms with E-state index in [4.69, 9.17) is 4.74 Å². The molecule has 1 saturated heterocycles. The fourth-order valence-electron chi connectivity index (χ4n) is 3.31. The monoisotopic (exact) mass is 403 g/mol. The van der Waals surface area contributed by atoms with Crippen LogP contribution in [0.25, 0.3) is 5.82 Å². The van der Waals surface area contributed by atoms with E-state index >= 15 is 0 Å². The molecule has 0 aliphatic carbocycles. The third-order valence-electron chi connectivity index (χ3n) is 4.71. The average molecular weight is 403 g/mol. The van der Waals surface area contributed by atoms with E-state index in [2.05, 4.69) is 25.5 Å². The van der Waals surface area contributed by atoms with Gasteiger partial charge in [-0.1, -0.05) is 0 Å². The van der Waals surface area contributed by atoms with Gasteiger partial charge in [-0.3, -0.25) is 5.10 Å². The number of nitrogens with one attached hydrogen (secondary N) is 1. The van der Waals surface area contributed by atoms with E-state index in [1.165, 1.54) is 4.31 Å². The Kier molecular flexibility index (Phi) is 4.85. The first-order valence-corrected chi connectivity index (χ1v) is 10.4. The van der Waals surface area contributed by atoms with E-state index in [1.54, 1.807) is 49.1 Å². The molecule has 3 aromatic heterocycles. The predicted molar refractivity (Wildman–Crippen MR) is 99.6 cm³/mol. The maximum Gasteiger partial charge on any atom is 0.246 e. The quantitative estimate of drug-likeness (QED) is 0.680. The molecule has 28 heavy (non-hydrogen) atoms. The van der Waals surface area contributed by atoms with E-state index < -0.39 is 10.0 Å². The van der Waals surface area contributed by atoms with E-state index in [1.807, 2.05) is 0 Å². The molecule has 11 heteroatoms. The highest BCUT2D eigenvalue weighted by Crippen LogP contribution is 2.26. The van der Waals surface area contributed by atoms with Crippen LogP contribution in [0.3, 0.4) is 0 Å². The van der Waals surface area contributed by atoms with Crippen LogP contribution in [-0.4, -0.2) is 62.1 Å². The number of rotatable bonds is 5. The highest BCUT2D eigenvalue weighted by atomic mass is 32.2.